The van der Waals surface area contributed by atoms with Gasteiger partial charge in [0.05, 0.1) is 11.7 Å². The summed E-state index contributed by atoms with van der Waals surface area (Å²) in [6.07, 6.45) is 2.42. The van der Waals surface area contributed by atoms with E-state index in [1.54, 1.807) is 0 Å². The van der Waals surface area contributed by atoms with Crippen molar-refractivity contribution < 1.29 is 14.3 Å². The predicted molar refractivity (Wildman–Crippen MR) is 74.0 cm³/mol. The fourth-order valence-electron chi connectivity index (χ4n) is 3.04. The van der Waals surface area contributed by atoms with Crippen LogP contribution < -0.4 is 0 Å². The van der Waals surface area contributed by atoms with E-state index in [0.717, 1.165) is 12.8 Å². The van der Waals surface area contributed by atoms with E-state index in [4.69, 9.17) is 4.43 Å². The number of carbonyl (C=O) groups is 1. The van der Waals surface area contributed by atoms with Crippen molar-refractivity contribution >= 4 is 14.1 Å². The van der Waals surface area contributed by atoms with Gasteiger partial charge in [0.1, 0.15) is 5.78 Å². The molecule has 0 spiro atoms. The number of aliphatic hydroxyl groups excluding tert-OH is 1. The first-order valence-electron chi connectivity index (χ1n) is 6.97. The highest BCUT2D eigenvalue weighted by atomic mass is 28.4. The summed E-state index contributed by atoms with van der Waals surface area (Å²) in [7, 11) is -1.88. The Bertz CT molecular complexity index is 359. The van der Waals surface area contributed by atoms with Gasteiger partial charge in [0.2, 0.25) is 0 Å². The highest BCUT2D eigenvalue weighted by molar-refractivity contribution is 6.74. The maximum absolute atomic E-state index is 12.0. The van der Waals surface area contributed by atoms with Crippen LogP contribution >= 0.6 is 0 Å². The number of fused-ring (bicyclic) bond motifs is 3. The molecule has 0 aromatic heterocycles. The van der Waals surface area contributed by atoms with Crippen molar-refractivity contribution in [2.45, 2.75) is 76.3 Å². The molecule has 18 heavy (non-hydrogen) atoms. The van der Waals surface area contributed by atoms with E-state index in [-0.39, 0.29) is 22.3 Å². The molecule has 1 N–H and O–H groups in total. The maximum atomic E-state index is 12.0. The van der Waals surface area contributed by atoms with Gasteiger partial charge in [0, 0.05) is 18.8 Å². The molecule has 3 fully saturated rings. The second kappa shape index (κ2) is 4.15. The van der Waals surface area contributed by atoms with Crippen LogP contribution in [0.15, 0.2) is 0 Å². The van der Waals surface area contributed by atoms with Crippen LogP contribution in [0.2, 0.25) is 18.1 Å². The third-order valence-electron chi connectivity index (χ3n) is 5.14. The average molecular weight is 270 g/mol. The Morgan fingerprint density at radius 1 is 1.39 bits per heavy atom. The van der Waals surface area contributed by atoms with Crippen molar-refractivity contribution in [1.82, 2.24) is 0 Å². The smallest absolute Gasteiger partial charge is 0.192 e. The van der Waals surface area contributed by atoms with Gasteiger partial charge in [0.15, 0.2) is 8.32 Å². The van der Waals surface area contributed by atoms with Crippen LogP contribution in [-0.2, 0) is 9.22 Å². The highest BCUT2D eigenvalue weighted by Gasteiger charge is 2.54. The SMILES string of the molecule is CC(C)(C)[Si](C)(C)O[C@@]12CC[C@@H](C(=O)C1)[C@@H](O)C2. The zero-order chi connectivity index (χ0) is 13.8. The molecule has 4 heteroatoms. The minimum atomic E-state index is -1.88. The molecule has 0 saturated heterocycles. The van der Waals surface area contributed by atoms with E-state index >= 15 is 0 Å². The second-order valence-electron chi connectivity index (χ2n) is 7.61. The van der Waals surface area contributed by atoms with Crippen LogP contribution in [-0.4, -0.2) is 30.9 Å². The molecule has 0 aliphatic heterocycles. The lowest BCUT2D eigenvalue weighted by molar-refractivity contribution is -0.153. The molecule has 0 amide bonds. The molecule has 3 rings (SSSR count). The minimum absolute atomic E-state index is 0.116. The molecule has 2 bridgehead atoms. The van der Waals surface area contributed by atoms with Gasteiger partial charge in [-0.15, -0.1) is 0 Å². The molecule has 3 nitrogen and oxygen atoms in total. The summed E-state index contributed by atoms with van der Waals surface area (Å²) in [6, 6.07) is 0. The Labute approximate surface area is 111 Å². The summed E-state index contributed by atoms with van der Waals surface area (Å²) >= 11 is 0. The standard InChI is InChI=1S/C14H26O3Si/c1-13(2,3)18(4,5)17-14-7-6-10(11(15)8-14)12(16)9-14/h10-11,15H,6-9H2,1-5H3/t10-,11+,14-/m1/s1. The Morgan fingerprint density at radius 3 is 2.44 bits per heavy atom. The Hall–Kier alpha value is -0.193. The number of ketones is 1. The lowest BCUT2D eigenvalue weighted by atomic mass is 9.65. The van der Waals surface area contributed by atoms with Gasteiger partial charge < -0.3 is 9.53 Å². The van der Waals surface area contributed by atoms with Crippen LogP contribution in [0.1, 0.15) is 46.5 Å². The number of rotatable bonds is 2. The molecule has 0 aromatic carbocycles. The number of hydrogen-bond donors (Lipinski definition) is 1. The molecule has 0 aromatic rings. The molecule has 3 atom stereocenters. The van der Waals surface area contributed by atoms with E-state index in [0.29, 0.717) is 12.8 Å². The fourth-order valence-corrected chi connectivity index (χ4v) is 4.69. The van der Waals surface area contributed by atoms with E-state index in [1.165, 1.54) is 0 Å². The maximum Gasteiger partial charge on any atom is 0.192 e. The Kier molecular flexibility index (Phi) is 3.28. The molecule has 3 saturated carbocycles. The first kappa shape index (κ1) is 14.2. The summed E-state index contributed by atoms with van der Waals surface area (Å²) in [6.45, 7) is 11.1. The summed E-state index contributed by atoms with van der Waals surface area (Å²) in [5, 5.41) is 10.2. The lowest BCUT2D eigenvalue weighted by Crippen LogP contribution is -2.59. The summed E-state index contributed by atoms with van der Waals surface area (Å²) < 4.78 is 6.52. The van der Waals surface area contributed by atoms with Gasteiger partial charge >= 0.3 is 0 Å². The third kappa shape index (κ3) is 2.30. The van der Waals surface area contributed by atoms with Gasteiger partial charge in [-0.25, -0.2) is 0 Å². The molecule has 3 aliphatic rings. The Balaban J connectivity index is 2.20. The lowest BCUT2D eigenvalue weighted by Gasteiger charge is -2.53. The largest absolute Gasteiger partial charge is 0.411 e. The topological polar surface area (TPSA) is 46.5 Å². The van der Waals surface area contributed by atoms with Gasteiger partial charge in [0.25, 0.3) is 0 Å². The molecule has 0 unspecified atom stereocenters. The van der Waals surface area contributed by atoms with Crippen LogP contribution in [0, 0.1) is 5.92 Å². The summed E-state index contributed by atoms with van der Waals surface area (Å²) in [5.41, 5.74) is -0.367. The number of carbonyl (C=O) groups excluding carboxylic acids is 1. The molecule has 0 heterocycles. The van der Waals surface area contributed by atoms with Crippen LogP contribution in [0.3, 0.4) is 0 Å². The molecule has 3 aliphatic carbocycles. The molecular weight excluding hydrogens is 244 g/mol. The fraction of sp³-hybridized carbons (Fsp3) is 0.929. The highest BCUT2D eigenvalue weighted by Crippen LogP contribution is 2.49. The Morgan fingerprint density at radius 2 is 2.00 bits per heavy atom. The van der Waals surface area contributed by atoms with Gasteiger partial charge in [-0.1, -0.05) is 20.8 Å². The average Bonchev–Trinajstić information content (AvgIpc) is 2.12. The van der Waals surface area contributed by atoms with Gasteiger partial charge in [-0.2, -0.15) is 0 Å². The monoisotopic (exact) mass is 270 g/mol. The summed E-state index contributed by atoms with van der Waals surface area (Å²) in [5.74, 6) is 0.0913. The quantitative estimate of drug-likeness (QED) is 0.785. The number of Topliss-reactive ketones (excluding diaryl/α,β-unsaturated/α-hetero) is 1. The molecule has 104 valence electrons. The molecular formula is C14H26O3Si. The van der Waals surface area contributed by atoms with Gasteiger partial charge in [-0.3, -0.25) is 4.79 Å². The number of aliphatic hydroxyl groups is 1. The van der Waals surface area contributed by atoms with Crippen LogP contribution in [0.4, 0.5) is 0 Å². The number of hydrogen-bond acceptors (Lipinski definition) is 3. The van der Waals surface area contributed by atoms with E-state index in [9.17, 15) is 9.90 Å². The molecule has 0 radical (unpaired) electrons. The summed E-state index contributed by atoms with van der Waals surface area (Å²) in [4.78, 5) is 12.0. The first-order chi connectivity index (χ1) is 8.06. The van der Waals surface area contributed by atoms with E-state index in [2.05, 4.69) is 33.9 Å². The van der Waals surface area contributed by atoms with Crippen molar-refractivity contribution in [3.8, 4) is 0 Å². The van der Waals surface area contributed by atoms with Crippen LogP contribution in [0.25, 0.3) is 0 Å². The van der Waals surface area contributed by atoms with Crippen molar-refractivity contribution in [2.75, 3.05) is 0 Å². The second-order valence-corrected chi connectivity index (χ2v) is 12.3. The minimum Gasteiger partial charge on any atom is -0.411 e. The first-order valence-corrected chi connectivity index (χ1v) is 9.88. The van der Waals surface area contributed by atoms with Crippen molar-refractivity contribution in [3.63, 3.8) is 0 Å². The zero-order valence-corrected chi connectivity index (χ0v) is 13.2. The van der Waals surface area contributed by atoms with Gasteiger partial charge in [-0.05, 0) is 31.0 Å². The van der Waals surface area contributed by atoms with Crippen molar-refractivity contribution in [1.29, 1.82) is 0 Å². The van der Waals surface area contributed by atoms with Crippen LogP contribution in [0.5, 0.6) is 0 Å². The van der Waals surface area contributed by atoms with E-state index < -0.39 is 14.4 Å². The van der Waals surface area contributed by atoms with E-state index in [1.807, 2.05) is 0 Å². The van der Waals surface area contributed by atoms with Crippen molar-refractivity contribution in [3.05, 3.63) is 0 Å². The normalized spacial score (nSPS) is 37.1. The predicted octanol–water partition coefficient (Wildman–Crippen LogP) is 2.88. The third-order valence-corrected chi connectivity index (χ3v) is 9.70. The van der Waals surface area contributed by atoms with Crippen molar-refractivity contribution in [2.24, 2.45) is 5.92 Å². The zero-order valence-electron chi connectivity index (χ0n) is 12.2.